The molecule has 2 aliphatic heterocycles. The Bertz CT molecular complexity index is 528. The van der Waals surface area contributed by atoms with Crippen molar-refractivity contribution < 1.29 is 13.9 Å². The minimum atomic E-state index is -0.210. The lowest BCUT2D eigenvalue weighted by molar-refractivity contribution is -0.132. The third-order valence-corrected chi connectivity index (χ3v) is 4.80. The van der Waals surface area contributed by atoms with E-state index in [1.54, 1.807) is 12.1 Å². The van der Waals surface area contributed by atoms with Crippen molar-refractivity contribution in [2.45, 2.75) is 51.2 Å². The van der Waals surface area contributed by atoms with Gasteiger partial charge in [0.25, 0.3) is 0 Å². The molecule has 3 atom stereocenters. The van der Waals surface area contributed by atoms with Crippen molar-refractivity contribution in [2.24, 2.45) is 5.92 Å². The fourth-order valence-electron chi connectivity index (χ4n) is 3.66. The summed E-state index contributed by atoms with van der Waals surface area (Å²) >= 11 is 0. The minimum absolute atomic E-state index is 0.117. The van der Waals surface area contributed by atoms with Crippen molar-refractivity contribution >= 4 is 5.91 Å². The molecule has 22 heavy (non-hydrogen) atoms. The van der Waals surface area contributed by atoms with Crippen LogP contribution in [-0.2, 0) is 9.53 Å². The zero-order valence-corrected chi connectivity index (χ0v) is 13.1. The van der Waals surface area contributed by atoms with Gasteiger partial charge in [0, 0.05) is 25.1 Å². The van der Waals surface area contributed by atoms with Crippen molar-refractivity contribution in [1.29, 1.82) is 0 Å². The third kappa shape index (κ3) is 3.32. The van der Waals surface area contributed by atoms with Crippen LogP contribution in [0.15, 0.2) is 24.3 Å². The van der Waals surface area contributed by atoms with Crippen molar-refractivity contribution in [3.8, 4) is 0 Å². The van der Waals surface area contributed by atoms with E-state index in [0.29, 0.717) is 17.9 Å². The summed E-state index contributed by atoms with van der Waals surface area (Å²) < 4.78 is 19.7. The van der Waals surface area contributed by atoms with E-state index in [9.17, 15) is 9.18 Å². The summed E-state index contributed by atoms with van der Waals surface area (Å²) in [6, 6.07) is 6.70. The first-order chi connectivity index (χ1) is 10.6. The number of halogens is 1. The molecular weight excluding hydrogens is 281 g/mol. The zero-order chi connectivity index (χ0) is 15.5. The van der Waals surface area contributed by atoms with E-state index < -0.39 is 0 Å². The summed E-state index contributed by atoms with van der Waals surface area (Å²) in [5.74, 6) is 0.336. The lowest BCUT2D eigenvalue weighted by Crippen LogP contribution is -2.32. The normalized spacial score (nSPS) is 28.3. The number of hydrogen-bond donors (Lipinski definition) is 0. The number of ether oxygens (including phenoxy) is 1. The number of benzene rings is 1. The van der Waals surface area contributed by atoms with Gasteiger partial charge in [-0.25, -0.2) is 4.39 Å². The monoisotopic (exact) mass is 305 g/mol. The topological polar surface area (TPSA) is 29.5 Å². The second kappa shape index (κ2) is 6.78. The predicted molar refractivity (Wildman–Crippen MR) is 82.8 cm³/mol. The summed E-state index contributed by atoms with van der Waals surface area (Å²) in [5, 5.41) is 0. The number of rotatable bonds is 4. The lowest BCUT2D eigenvalue weighted by atomic mass is 10.00. The van der Waals surface area contributed by atoms with E-state index in [2.05, 4.69) is 6.92 Å². The summed E-state index contributed by atoms with van der Waals surface area (Å²) in [4.78, 5) is 14.5. The standard InChI is InChI=1S/C18H24FNO2/c1-13-11-17(15-6-2-3-7-16(15)19)20(12-13)18(21)9-8-14-5-4-10-22-14/h2-3,6-7,13-14,17H,4-5,8-12H2,1H3. The fraction of sp³-hybridized carbons (Fsp3) is 0.611. The Balaban J connectivity index is 1.67. The van der Waals surface area contributed by atoms with Crippen LogP contribution in [-0.4, -0.2) is 30.1 Å². The molecule has 2 saturated heterocycles. The SMILES string of the molecule is CC1CC(c2ccccc2F)N(C(=O)CCC2CCCO2)C1. The van der Waals surface area contributed by atoms with Crippen LogP contribution in [0.25, 0.3) is 0 Å². The van der Waals surface area contributed by atoms with Crippen LogP contribution in [0.4, 0.5) is 4.39 Å². The lowest BCUT2D eigenvalue weighted by Gasteiger charge is -2.26. The first kappa shape index (κ1) is 15.5. The fourth-order valence-corrected chi connectivity index (χ4v) is 3.66. The summed E-state index contributed by atoms with van der Waals surface area (Å²) in [7, 11) is 0. The number of carbonyl (C=O) groups excluding carboxylic acids is 1. The maximum atomic E-state index is 14.1. The van der Waals surface area contributed by atoms with Crippen molar-refractivity contribution in [3.63, 3.8) is 0 Å². The molecule has 0 bridgehead atoms. The summed E-state index contributed by atoms with van der Waals surface area (Å²) in [5.41, 5.74) is 0.650. The largest absolute Gasteiger partial charge is 0.378 e. The molecule has 3 unspecified atom stereocenters. The van der Waals surface area contributed by atoms with Gasteiger partial charge < -0.3 is 9.64 Å². The van der Waals surface area contributed by atoms with Crippen molar-refractivity contribution in [3.05, 3.63) is 35.6 Å². The highest BCUT2D eigenvalue weighted by atomic mass is 19.1. The number of nitrogens with zero attached hydrogens (tertiary/aromatic N) is 1. The molecule has 3 nitrogen and oxygen atoms in total. The van der Waals surface area contributed by atoms with Gasteiger partial charge in [-0.1, -0.05) is 25.1 Å². The van der Waals surface area contributed by atoms with Gasteiger partial charge in [0.15, 0.2) is 0 Å². The first-order valence-corrected chi connectivity index (χ1v) is 8.30. The molecule has 2 heterocycles. The van der Waals surface area contributed by atoms with E-state index >= 15 is 0 Å². The number of hydrogen-bond acceptors (Lipinski definition) is 2. The van der Waals surface area contributed by atoms with Crippen LogP contribution in [0.5, 0.6) is 0 Å². The Morgan fingerprint density at radius 1 is 1.41 bits per heavy atom. The summed E-state index contributed by atoms with van der Waals surface area (Å²) in [6.07, 6.45) is 4.51. The van der Waals surface area contributed by atoms with Crippen molar-refractivity contribution in [1.82, 2.24) is 4.90 Å². The molecule has 0 aliphatic carbocycles. The number of amides is 1. The second-order valence-corrected chi connectivity index (χ2v) is 6.60. The highest BCUT2D eigenvalue weighted by molar-refractivity contribution is 5.77. The molecule has 0 N–H and O–H groups in total. The van der Waals surface area contributed by atoms with Crippen LogP contribution in [0.2, 0.25) is 0 Å². The Morgan fingerprint density at radius 2 is 2.23 bits per heavy atom. The average Bonchev–Trinajstić information content (AvgIpc) is 3.14. The molecule has 2 aliphatic rings. The molecule has 1 aromatic carbocycles. The first-order valence-electron chi connectivity index (χ1n) is 8.30. The molecule has 1 amide bonds. The highest BCUT2D eigenvalue weighted by Crippen LogP contribution is 2.37. The van der Waals surface area contributed by atoms with E-state index in [1.165, 1.54) is 6.07 Å². The Morgan fingerprint density at radius 3 is 2.95 bits per heavy atom. The van der Waals surface area contributed by atoms with Crippen LogP contribution in [0.3, 0.4) is 0 Å². The van der Waals surface area contributed by atoms with Gasteiger partial charge in [-0.2, -0.15) is 0 Å². The molecule has 1 aromatic rings. The Hall–Kier alpha value is -1.42. The molecule has 0 saturated carbocycles. The molecule has 0 aromatic heterocycles. The maximum Gasteiger partial charge on any atom is 0.223 e. The van der Waals surface area contributed by atoms with Crippen LogP contribution in [0.1, 0.15) is 50.6 Å². The molecular formula is C18H24FNO2. The number of likely N-dealkylation sites (tertiary alicyclic amines) is 1. The second-order valence-electron chi connectivity index (χ2n) is 6.60. The van der Waals surface area contributed by atoms with Gasteiger partial charge in [-0.15, -0.1) is 0 Å². The third-order valence-electron chi connectivity index (χ3n) is 4.80. The molecule has 0 radical (unpaired) electrons. The molecule has 0 spiro atoms. The predicted octanol–water partition coefficient (Wildman–Crippen LogP) is 3.69. The average molecular weight is 305 g/mol. The van der Waals surface area contributed by atoms with Gasteiger partial charge in [-0.3, -0.25) is 4.79 Å². The minimum Gasteiger partial charge on any atom is -0.378 e. The number of carbonyl (C=O) groups is 1. The van der Waals surface area contributed by atoms with Gasteiger partial charge in [0.2, 0.25) is 5.91 Å². The van der Waals surface area contributed by atoms with E-state index in [0.717, 1.165) is 38.8 Å². The van der Waals surface area contributed by atoms with E-state index in [1.807, 2.05) is 11.0 Å². The highest BCUT2D eigenvalue weighted by Gasteiger charge is 2.35. The quantitative estimate of drug-likeness (QED) is 0.849. The van der Waals surface area contributed by atoms with E-state index in [4.69, 9.17) is 4.74 Å². The van der Waals surface area contributed by atoms with Gasteiger partial charge in [0.05, 0.1) is 12.1 Å². The van der Waals surface area contributed by atoms with E-state index in [-0.39, 0.29) is 23.9 Å². The van der Waals surface area contributed by atoms with Gasteiger partial charge in [0.1, 0.15) is 5.82 Å². The molecule has 4 heteroatoms. The van der Waals surface area contributed by atoms with Gasteiger partial charge in [-0.05, 0) is 37.7 Å². The Labute approximate surface area is 131 Å². The van der Waals surface area contributed by atoms with Crippen molar-refractivity contribution in [2.75, 3.05) is 13.2 Å². The van der Waals surface area contributed by atoms with Crippen LogP contribution >= 0.6 is 0 Å². The molecule has 120 valence electrons. The summed E-state index contributed by atoms with van der Waals surface area (Å²) in [6.45, 7) is 3.67. The zero-order valence-electron chi connectivity index (χ0n) is 13.1. The maximum absolute atomic E-state index is 14.1. The molecule has 3 rings (SSSR count). The smallest absolute Gasteiger partial charge is 0.223 e. The van der Waals surface area contributed by atoms with Gasteiger partial charge >= 0.3 is 0 Å². The van der Waals surface area contributed by atoms with Crippen LogP contribution < -0.4 is 0 Å². The van der Waals surface area contributed by atoms with Crippen LogP contribution in [0, 0.1) is 11.7 Å². The Kier molecular flexibility index (Phi) is 4.77. The molecule has 2 fully saturated rings.